The Balaban J connectivity index is 2.18. The first-order valence-electron chi connectivity index (χ1n) is 6.38. The lowest BCUT2D eigenvalue weighted by Crippen LogP contribution is -2.33. The molecule has 2 nitrogen and oxygen atoms in total. The molecule has 94 valence electrons. The fraction of sp³-hybridized carbons (Fsp3) is 0.571. The summed E-state index contributed by atoms with van der Waals surface area (Å²) in [6, 6.07) is 6.23. The van der Waals surface area contributed by atoms with E-state index in [0.717, 1.165) is 17.5 Å². The largest absolute Gasteiger partial charge is 0.371 e. The predicted molar refractivity (Wildman–Crippen MR) is 74.8 cm³/mol. The minimum atomic E-state index is 0.823. The third-order valence-electron chi connectivity index (χ3n) is 3.53. The molecule has 1 aromatic rings. The van der Waals surface area contributed by atoms with Crippen molar-refractivity contribution in [1.82, 2.24) is 5.32 Å². The number of hydrogen-bond donors (Lipinski definition) is 1. The highest BCUT2D eigenvalue weighted by atomic mass is 35.5. The number of nitrogens with zero attached hydrogens (tertiary/aromatic N) is 1. The highest BCUT2D eigenvalue weighted by Gasteiger charge is 2.18. The second-order valence-electron chi connectivity index (χ2n) is 4.97. The van der Waals surface area contributed by atoms with Gasteiger partial charge in [-0.15, -0.1) is 0 Å². The van der Waals surface area contributed by atoms with E-state index in [9.17, 15) is 0 Å². The highest BCUT2D eigenvalue weighted by molar-refractivity contribution is 6.30. The van der Waals surface area contributed by atoms with Crippen molar-refractivity contribution in [2.24, 2.45) is 5.92 Å². The predicted octanol–water partition coefficient (Wildman–Crippen LogP) is 3.30. The van der Waals surface area contributed by atoms with E-state index >= 15 is 0 Å². The summed E-state index contributed by atoms with van der Waals surface area (Å²) in [5, 5.41) is 4.04. The minimum absolute atomic E-state index is 0.823. The maximum Gasteiger partial charge on any atom is 0.0412 e. The van der Waals surface area contributed by atoms with Gasteiger partial charge < -0.3 is 10.2 Å². The average Bonchev–Trinajstić information content (AvgIpc) is 2.31. The molecule has 0 unspecified atom stereocenters. The molecule has 1 fully saturated rings. The lowest BCUT2D eigenvalue weighted by Gasteiger charge is -2.33. The van der Waals surface area contributed by atoms with Crippen molar-refractivity contribution in [3.63, 3.8) is 0 Å². The first-order valence-corrected chi connectivity index (χ1v) is 6.76. The van der Waals surface area contributed by atoms with E-state index < -0.39 is 0 Å². The van der Waals surface area contributed by atoms with Crippen molar-refractivity contribution in [1.29, 1.82) is 0 Å². The Morgan fingerprint density at radius 1 is 1.35 bits per heavy atom. The van der Waals surface area contributed by atoms with E-state index in [1.807, 2.05) is 13.1 Å². The van der Waals surface area contributed by atoms with Crippen molar-refractivity contribution >= 4 is 17.3 Å². The molecule has 1 aliphatic rings. The molecule has 1 N–H and O–H groups in total. The summed E-state index contributed by atoms with van der Waals surface area (Å²) >= 11 is 6.07. The van der Waals surface area contributed by atoms with Crippen LogP contribution < -0.4 is 10.2 Å². The Kier molecular flexibility index (Phi) is 4.30. The van der Waals surface area contributed by atoms with E-state index in [2.05, 4.69) is 29.3 Å². The Labute approximate surface area is 109 Å². The molecule has 0 amide bonds. The van der Waals surface area contributed by atoms with Crippen LogP contribution in [0.25, 0.3) is 0 Å². The van der Waals surface area contributed by atoms with Crippen molar-refractivity contribution < 1.29 is 0 Å². The molecule has 0 atom stereocenters. The summed E-state index contributed by atoms with van der Waals surface area (Å²) in [7, 11) is 1.98. The Morgan fingerprint density at radius 3 is 2.71 bits per heavy atom. The van der Waals surface area contributed by atoms with Crippen molar-refractivity contribution in [2.75, 3.05) is 25.0 Å². The summed E-state index contributed by atoms with van der Waals surface area (Å²) in [5.41, 5.74) is 2.64. The highest BCUT2D eigenvalue weighted by Crippen LogP contribution is 2.28. The van der Waals surface area contributed by atoms with Gasteiger partial charge in [-0.2, -0.15) is 0 Å². The number of rotatable bonds is 3. The molecule has 0 aromatic heterocycles. The van der Waals surface area contributed by atoms with Crippen LogP contribution in [-0.4, -0.2) is 20.1 Å². The summed E-state index contributed by atoms with van der Waals surface area (Å²) in [6.07, 6.45) is 2.59. The fourth-order valence-electron chi connectivity index (χ4n) is 2.44. The SMILES string of the molecule is CNCc1cc(Cl)ccc1N1CCC(C)CC1. The Morgan fingerprint density at radius 2 is 2.06 bits per heavy atom. The van der Waals surface area contributed by atoms with Crippen LogP contribution >= 0.6 is 11.6 Å². The molecule has 3 heteroatoms. The monoisotopic (exact) mass is 252 g/mol. The normalized spacial score (nSPS) is 17.5. The molecular formula is C14H21ClN2. The van der Waals surface area contributed by atoms with Gasteiger partial charge in [0.2, 0.25) is 0 Å². The van der Waals surface area contributed by atoms with E-state index in [1.54, 1.807) is 0 Å². The van der Waals surface area contributed by atoms with Gasteiger partial charge in [0.25, 0.3) is 0 Å². The Bertz CT molecular complexity index is 370. The summed E-state index contributed by atoms with van der Waals surface area (Å²) in [5.74, 6) is 0.867. The van der Waals surface area contributed by atoms with Gasteiger partial charge in [-0.25, -0.2) is 0 Å². The lowest BCUT2D eigenvalue weighted by atomic mass is 9.98. The maximum atomic E-state index is 6.07. The second-order valence-corrected chi connectivity index (χ2v) is 5.41. The van der Waals surface area contributed by atoms with Crippen LogP contribution in [0.2, 0.25) is 5.02 Å². The fourth-order valence-corrected chi connectivity index (χ4v) is 2.64. The van der Waals surface area contributed by atoms with Gasteiger partial charge in [0.05, 0.1) is 0 Å². The molecule has 0 spiro atoms. The van der Waals surface area contributed by atoms with Crippen LogP contribution in [0.1, 0.15) is 25.3 Å². The van der Waals surface area contributed by atoms with E-state index in [0.29, 0.717) is 0 Å². The van der Waals surface area contributed by atoms with Gasteiger partial charge in [-0.1, -0.05) is 18.5 Å². The summed E-state index contributed by atoms with van der Waals surface area (Å²) in [4.78, 5) is 2.49. The zero-order valence-electron chi connectivity index (χ0n) is 10.7. The lowest BCUT2D eigenvalue weighted by molar-refractivity contribution is 0.438. The van der Waals surface area contributed by atoms with Crippen molar-refractivity contribution in [3.05, 3.63) is 28.8 Å². The van der Waals surface area contributed by atoms with Gasteiger partial charge in [0, 0.05) is 30.3 Å². The molecule has 0 radical (unpaired) electrons. The minimum Gasteiger partial charge on any atom is -0.371 e. The number of benzene rings is 1. The second kappa shape index (κ2) is 5.74. The van der Waals surface area contributed by atoms with Gasteiger partial charge in [0.15, 0.2) is 0 Å². The molecule has 0 bridgehead atoms. The number of anilines is 1. The third-order valence-corrected chi connectivity index (χ3v) is 3.77. The first kappa shape index (κ1) is 12.7. The average molecular weight is 253 g/mol. The zero-order chi connectivity index (χ0) is 12.3. The van der Waals surface area contributed by atoms with Gasteiger partial charge in [-0.05, 0) is 49.6 Å². The van der Waals surface area contributed by atoms with E-state index in [-0.39, 0.29) is 0 Å². The van der Waals surface area contributed by atoms with Gasteiger partial charge >= 0.3 is 0 Å². The van der Waals surface area contributed by atoms with E-state index in [1.165, 1.54) is 37.2 Å². The standard InChI is InChI=1S/C14H21ClN2/c1-11-5-7-17(8-6-11)14-4-3-13(15)9-12(14)10-16-2/h3-4,9,11,16H,5-8,10H2,1-2H3. The van der Waals surface area contributed by atoms with Crippen LogP contribution in [0, 0.1) is 5.92 Å². The number of nitrogens with one attached hydrogen (secondary N) is 1. The first-order chi connectivity index (χ1) is 8.20. The maximum absolute atomic E-state index is 6.07. The van der Waals surface area contributed by atoms with Crippen LogP contribution in [0.5, 0.6) is 0 Å². The third kappa shape index (κ3) is 3.14. The van der Waals surface area contributed by atoms with Crippen LogP contribution in [0.4, 0.5) is 5.69 Å². The molecule has 1 aliphatic heterocycles. The number of hydrogen-bond acceptors (Lipinski definition) is 2. The number of piperidine rings is 1. The summed E-state index contributed by atoms with van der Waals surface area (Å²) < 4.78 is 0. The molecule has 0 aliphatic carbocycles. The molecular weight excluding hydrogens is 232 g/mol. The van der Waals surface area contributed by atoms with Crippen molar-refractivity contribution in [3.8, 4) is 0 Å². The van der Waals surface area contributed by atoms with Crippen LogP contribution in [0.3, 0.4) is 0 Å². The molecule has 2 rings (SSSR count). The molecule has 1 heterocycles. The zero-order valence-corrected chi connectivity index (χ0v) is 11.4. The molecule has 17 heavy (non-hydrogen) atoms. The van der Waals surface area contributed by atoms with E-state index in [4.69, 9.17) is 11.6 Å². The van der Waals surface area contributed by atoms with Gasteiger partial charge in [-0.3, -0.25) is 0 Å². The Hall–Kier alpha value is -0.730. The van der Waals surface area contributed by atoms with Crippen molar-refractivity contribution in [2.45, 2.75) is 26.3 Å². The smallest absolute Gasteiger partial charge is 0.0412 e. The summed E-state index contributed by atoms with van der Waals surface area (Å²) in [6.45, 7) is 5.55. The molecule has 1 aromatic carbocycles. The van der Waals surface area contributed by atoms with Gasteiger partial charge in [0.1, 0.15) is 0 Å². The molecule has 0 saturated carbocycles. The number of halogens is 1. The van der Waals surface area contributed by atoms with Crippen LogP contribution in [-0.2, 0) is 6.54 Å². The molecule has 1 saturated heterocycles. The topological polar surface area (TPSA) is 15.3 Å². The quantitative estimate of drug-likeness (QED) is 0.888. The van der Waals surface area contributed by atoms with Crippen LogP contribution in [0.15, 0.2) is 18.2 Å².